The summed E-state index contributed by atoms with van der Waals surface area (Å²) in [5.41, 5.74) is 2.26. The van der Waals surface area contributed by atoms with Gasteiger partial charge in [-0.05, 0) is 38.9 Å². The van der Waals surface area contributed by atoms with Crippen LogP contribution in [0.4, 0.5) is 0 Å². The van der Waals surface area contributed by atoms with Crippen LogP contribution in [0.15, 0.2) is 24.3 Å². The first-order valence-corrected chi connectivity index (χ1v) is 8.46. The summed E-state index contributed by atoms with van der Waals surface area (Å²) in [5.74, 6) is 0.908. The van der Waals surface area contributed by atoms with Crippen LogP contribution in [0.1, 0.15) is 37.3 Å². The number of hydrogen-bond acceptors (Lipinski definition) is 4. The van der Waals surface area contributed by atoms with Crippen molar-refractivity contribution in [3.8, 4) is 16.3 Å². The van der Waals surface area contributed by atoms with E-state index >= 15 is 0 Å². The molecule has 0 amide bonds. The lowest BCUT2D eigenvalue weighted by atomic mass is 10.2. The number of benzene rings is 1. The zero-order valence-electron chi connectivity index (χ0n) is 13.1. The van der Waals surface area contributed by atoms with Gasteiger partial charge < -0.3 is 10.1 Å². The van der Waals surface area contributed by atoms with E-state index in [2.05, 4.69) is 31.3 Å². The van der Waals surface area contributed by atoms with Crippen LogP contribution in [-0.4, -0.2) is 18.1 Å². The molecule has 0 unspecified atom stereocenters. The molecule has 1 heterocycles. The molecule has 0 saturated carbocycles. The molecule has 2 aromatic rings. The molecule has 21 heavy (non-hydrogen) atoms. The highest BCUT2D eigenvalue weighted by Gasteiger charge is 2.09. The highest BCUT2D eigenvalue weighted by atomic mass is 32.1. The lowest BCUT2D eigenvalue weighted by Crippen LogP contribution is -2.14. The standard InChI is InChI=1S/C17H24N2OS/c1-4-6-10-18-12-16-13(3)19-17(21-16)14-8-7-9-15(11-14)20-5-2/h7-9,11,18H,4-6,10,12H2,1-3H3. The van der Waals surface area contributed by atoms with Gasteiger partial charge in [0.2, 0.25) is 0 Å². The fourth-order valence-electron chi connectivity index (χ4n) is 2.10. The van der Waals surface area contributed by atoms with Gasteiger partial charge >= 0.3 is 0 Å². The van der Waals surface area contributed by atoms with Gasteiger partial charge in [0.05, 0.1) is 12.3 Å². The Morgan fingerprint density at radius 2 is 2.14 bits per heavy atom. The Hall–Kier alpha value is -1.39. The summed E-state index contributed by atoms with van der Waals surface area (Å²) in [7, 11) is 0. The Kier molecular flexibility index (Phi) is 6.21. The SMILES string of the molecule is CCCCNCc1sc(-c2cccc(OCC)c2)nc1C. The van der Waals surface area contributed by atoms with E-state index in [0.717, 1.165) is 35.1 Å². The van der Waals surface area contributed by atoms with Crippen molar-refractivity contribution in [3.63, 3.8) is 0 Å². The highest BCUT2D eigenvalue weighted by molar-refractivity contribution is 7.15. The van der Waals surface area contributed by atoms with Gasteiger partial charge in [0.1, 0.15) is 10.8 Å². The molecule has 4 heteroatoms. The van der Waals surface area contributed by atoms with Crippen molar-refractivity contribution in [2.24, 2.45) is 0 Å². The Morgan fingerprint density at radius 1 is 1.29 bits per heavy atom. The van der Waals surface area contributed by atoms with Crippen LogP contribution < -0.4 is 10.1 Å². The zero-order valence-corrected chi connectivity index (χ0v) is 13.9. The molecule has 2 rings (SSSR count). The molecular weight excluding hydrogens is 280 g/mol. The maximum Gasteiger partial charge on any atom is 0.124 e. The van der Waals surface area contributed by atoms with Crippen molar-refractivity contribution in [1.29, 1.82) is 0 Å². The largest absolute Gasteiger partial charge is 0.494 e. The first-order valence-electron chi connectivity index (χ1n) is 7.64. The van der Waals surface area contributed by atoms with E-state index in [0.29, 0.717) is 6.61 Å². The van der Waals surface area contributed by atoms with Gasteiger partial charge in [0.25, 0.3) is 0 Å². The number of nitrogens with one attached hydrogen (secondary N) is 1. The molecule has 0 fully saturated rings. The van der Waals surface area contributed by atoms with E-state index in [1.807, 2.05) is 19.1 Å². The summed E-state index contributed by atoms with van der Waals surface area (Å²) in [6.45, 7) is 8.97. The molecule has 0 spiro atoms. The van der Waals surface area contributed by atoms with Crippen molar-refractivity contribution < 1.29 is 4.74 Å². The normalized spacial score (nSPS) is 10.8. The first-order chi connectivity index (χ1) is 10.2. The molecule has 0 aliphatic carbocycles. The van der Waals surface area contributed by atoms with E-state index in [4.69, 9.17) is 9.72 Å². The second kappa shape index (κ2) is 8.15. The molecule has 114 valence electrons. The van der Waals surface area contributed by atoms with Gasteiger partial charge in [-0.25, -0.2) is 4.98 Å². The lowest BCUT2D eigenvalue weighted by molar-refractivity contribution is 0.340. The minimum absolute atomic E-state index is 0.687. The van der Waals surface area contributed by atoms with Crippen molar-refractivity contribution in [2.45, 2.75) is 40.2 Å². The van der Waals surface area contributed by atoms with Gasteiger partial charge in [-0.2, -0.15) is 0 Å². The van der Waals surface area contributed by atoms with Crippen LogP contribution in [0.3, 0.4) is 0 Å². The average molecular weight is 304 g/mol. The third kappa shape index (κ3) is 4.55. The molecule has 0 bridgehead atoms. The van der Waals surface area contributed by atoms with E-state index in [-0.39, 0.29) is 0 Å². The molecule has 3 nitrogen and oxygen atoms in total. The number of ether oxygens (including phenoxy) is 1. The summed E-state index contributed by atoms with van der Waals surface area (Å²) < 4.78 is 5.56. The maximum atomic E-state index is 5.56. The molecule has 1 aromatic heterocycles. The number of aryl methyl sites for hydroxylation is 1. The van der Waals surface area contributed by atoms with E-state index in [1.165, 1.54) is 17.7 Å². The minimum atomic E-state index is 0.687. The molecule has 0 aliphatic rings. The molecule has 1 aromatic carbocycles. The number of unbranched alkanes of at least 4 members (excludes halogenated alkanes) is 1. The monoisotopic (exact) mass is 304 g/mol. The quantitative estimate of drug-likeness (QED) is 0.734. The van der Waals surface area contributed by atoms with Crippen molar-refractivity contribution >= 4 is 11.3 Å². The van der Waals surface area contributed by atoms with Crippen LogP contribution in [0.5, 0.6) is 5.75 Å². The second-order valence-electron chi connectivity index (χ2n) is 5.02. The topological polar surface area (TPSA) is 34.1 Å². The molecule has 0 atom stereocenters. The number of thiazole rings is 1. The summed E-state index contributed by atoms with van der Waals surface area (Å²) in [4.78, 5) is 6.03. The Morgan fingerprint density at radius 3 is 2.90 bits per heavy atom. The maximum absolute atomic E-state index is 5.56. The van der Waals surface area contributed by atoms with Crippen molar-refractivity contribution in [2.75, 3.05) is 13.2 Å². The van der Waals surface area contributed by atoms with Crippen LogP contribution >= 0.6 is 11.3 Å². The predicted octanol–water partition coefficient (Wildman–Crippen LogP) is 4.41. The highest BCUT2D eigenvalue weighted by Crippen LogP contribution is 2.30. The number of hydrogen-bond donors (Lipinski definition) is 1. The third-order valence-electron chi connectivity index (χ3n) is 3.28. The molecule has 0 saturated heterocycles. The summed E-state index contributed by atoms with van der Waals surface area (Å²) >= 11 is 1.77. The predicted molar refractivity (Wildman–Crippen MR) is 90.1 cm³/mol. The Bertz CT molecular complexity index is 566. The van der Waals surface area contributed by atoms with E-state index in [1.54, 1.807) is 11.3 Å². The van der Waals surface area contributed by atoms with E-state index < -0.39 is 0 Å². The molecular formula is C17H24N2OS. The van der Waals surface area contributed by atoms with E-state index in [9.17, 15) is 0 Å². The number of rotatable bonds is 8. The van der Waals surface area contributed by atoms with Gasteiger partial charge in [-0.1, -0.05) is 25.5 Å². The zero-order chi connectivity index (χ0) is 15.1. The minimum Gasteiger partial charge on any atom is -0.494 e. The fourth-order valence-corrected chi connectivity index (χ4v) is 3.13. The van der Waals surface area contributed by atoms with Crippen molar-refractivity contribution in [3.05, 3.63) is 34.8 Å². The lowest BCUT2D eigenvalue weighted by Gasteiger charge is -2.03. The van der Waals surface area contributed by atoms with Crippen LogP contribution in [-0.2, 0) is 6.54 Å². The number of nitrogens with zero attached hydrogens (tertiary/aromatic N) is 1. The average Bonchev–Trinajstić information content (AvgIpc) is 2.86. The van der Waals surface area contributed by atoms with Crippen LogP contribution in [0.25, 0.3) is 10.6 Å². The second-order valence-corrected chi connectivity index (χ2v) is 6.10. The smallest absolute Gasteiger partial charge is 0.124 e. The van der Waals surface area contributed by atoms with Gasteiger partial charge in [-0.3, -0.25) is 0 Å². The van der Waals surface area contributed by atoms with Crippen molar-refractivity contribution in [1.82, 2.24) is 10.3 Å². The van der Waals surface area contributed by atoms with Gasteiger partial charge in [0, 0.05) is 17.0 Å². The summed E-state index contributed by atoms with van der Waals surface area (Å²) in [6, 6.07) is 8.17. The first kappa shape index (κ1) is 16.0. The Balaban J connectivity index is 2.08. The van der Waals surface area contributed by atoms with Gasteiger partial charge in [-0.15, -0.1) is 11.3 Å². The van der Waals surface area contributed by atoms with Crippen LogP contribution in [0, 0.1) is 6.92 Å². The van der Waals surface area contributed by atoms with Gasteiger partial charge in [0.15, 0.2) is 0 Å². The number of aromatic nitrogens is 1. The Labute approximate surface area is 131 Å². The molecule has 0 aliphatic heterocycles. The third-order valence-corrected chi connectivity index (χ3v) is 4.48. The summed E-state index contributed by atoms with van der Waals surface area (Å²) in [5, 5.41) is 4.56. The van der Waals surface area contributed by atoms with Crippen LogP contribution in [0.2, 0.25) is 0 Å². The summed E-state index contributed by atoms with van der Waals surface area (Å²) in [6.07, 6.45) is 2.45. The fraction of sp³-hybridized carbons (Fsp3) is 0.471. The molecule has 0 radical (unpaired) electrons. The molecule has 1 N–H and O–H groups in total.